The third kappa shape index (κ3) is 3.68. The molecular weight excluding hydrogens is 382 g/mol. The van der Waals surface area contributed by atoms with Crippen LogP contribution in [0.1, 0.15) is 48.8 Å². The highest BCUT2D eigenvalue weighted by Crippen LogP contribution is 2.45. The first-order valence-electron chi connectivity index (χ1n) is 10.6. The molecule has 0 amide bonds. The summed E-state index contributed by atoms with van der Waals surface area (Å²) >= 11 is 1.86. The first-order chi connectivity index (χ1) is 14.7. The van der Waals surface area contributed by atoms with Crippen LogP contribution in [0.25, 0.3) is 0 Å². The second kappa shape index (κ2) is 8.12. The van der Waals surface area contributed by atoms with Crippen LogP contribution in [0.3, 0.4) is 0 Å². The van der Waals surface area contributed by atoms with E-state index in [-0.39, 0.29) is 0 Å². The summed E-state index contributed by atoms with van der Waals surface area (Å²) in [7, 11) is 0. The molecule has 1 aliphatic heterocycles. The van der Waals surface area contributed by atoms with Crippen molar-refractivity contribution < 1.29 is 0 Å². The third-order valence-electron chi connectivity index (χ3n) is 6.22. The van der Waals surface area contributed by atoms with E-state index in [2.05, 4.69) is 105 Å². The Hall–Kier alpha value is -2.84. The van der Waals surface area contributed by atoms with Gasteiger partial charge in [-0.25, -0.2) is 0 Å². The van der Waals surface area contributed by atoms with Gasteiger partial charge in [0.2, 0.25) is 0 Å². The van der Waals surface area contributed by atoms with Gasteiger partial charge in [-0.1, -0.05) is 104 Å². The van der Waals surface area contributed by atoms with Crippen LogP contribution >= 0.6 is 11.8 Å². The van der Waals surface area contributed by atoms with E-state index in [0.29, 0.717) is 11.8 Å². The Kier molecular flexibility index (Phi) is 5.18. The zero-order valence-corrected chi connectivity index (χ0v) is 18.2. The van der Waals surface area contributed by atoms with Gasteiger partial charge >= 0.3 is 0 Å². The van der Waals surface area contributed by atoms with Crippen molar-refractivity contribution in [1.29, 1.82) is 0 Å². The summed E-state index contributed by atoms with van der Waals surface area (Å²) in [5.41, 5.74) is 7.80. The highest BCUT2D eigenvalue weighted by Gasteiger charge is 2.24. The molecule has 5 rings (SSSR count). The Bertz CT molecular complexity index is 1160. The highest BCUT2D eigenvalue weighted by molar-refractivity contribution is 8.04. The van der Waals surface area contributed by atoms with Gasteiger partial charge in [0.15, 0.2) is 0 Å². The van der Waals surface area contributed by atoms with Crippen molar-refractivity contribution in [3.63, 3.8) is 0 Å². The van der Waals surface area contributed by atoms with Crippen LogP contribution in [0.4, 0.5) is 5.69 Å². The summed E-state index contributed by atoms with van der Waals surface area (Å²) in [6.07, 6.45) is 5.50. The Labute approximate surface area is 183 Å². The Morgan fingerprint density at radius 1 is 0.733 bits per heavy atom. The van der Waals surface area contributed by atoms with Crippen molar-refractivity contribution in [3.8, 4) is 0 Å². The van der Waals surface area contributed by atoms with Gasteiger partial charge in [0.05, 0.1) is 11.4 Å². The van der Waals surface area contributed by atoms with Crippen molar-refractivity contribution in [2.24, 2.45) is 4.99 Å². The van der Waals surface area contributed by atoms with E-state index in [9.17, 15) is 0 Å². The summed E-state index contributed by atoms with van der Waals surface area (Å²) in [5, 5.41) is 0. The van der Waals surface area contributed by atoms with Gasteiger partial charge in [-0.2, -0.15) is 0 Å². The maximum atomic E-state index is 5.05. The largest absolute Gasteiger partial charge is 0.251 e. The average Bonchev–Trinajstić information content (AvgIpc) is 2.82. The molecule has 2 aliphatic rings. The fourth-order valence-corrected chi connectivity index (χ4v) is 5.25. The quantitative estimate of drug-likeness (QED) is 0.426. The standard InChI is InChI=1S/C28H25NS/c1-19(21-9-5-3-6-10-21)23-14-16-27-26(17-23)29-25-15-13-24(18-28(25)30-27)20(2)22-11-7-4-8-12-22/h3-16,18-20H,17H2,1-2H3. The number of rotatable bonds is 4. The minimum absolute atomic E-state index is 0.376. The molecule has 1 nitrogen and oxygen atoms in total. The fraction of sp³-hybridized carbons (Fsp3) is 0.179. The molecule has 148 valence electrons. The van der Waals surface area contributed by atoms with E-state index in [1.807, 2.05) is 11.8 Å². The SMILES string of the molecule is CC(C1=CC=C2Sc3cc(C(C)c4ccccc4)ccc3N=C2C1)c1ccccc1. The molecule has 30 heavy (non-hydrogen) atoms. The molecule has 0 N–H and O–H groups in total. The lowest BCUT2D eigenvalue weighted by Crippen LogP contribution is -2.12. The van der Waals surface area contributed by atoms with E-state index < -0.39 is 0 Å². The summed E-state index contributed by atoms with van der Waals surface area (Å²) in [5.74, 6) is 0.785. The number of hydrogen-bond donors (Lipinski definition) is 0. The number of allylic oxidation sites excluding steroid dienone is 4. The number of aliphatic imine (C=N–C) groups is 1. The van der Waals surface area contributed by atoms with Gasteiger partial charge in [-0.15, -0.1) is 0 Å². The molecule has 0 aromatic heterocycles. The molecule has 0 radical (unpaired) electrons. The van der Waals surface area contributed by atoms with E-state index in [0.717, 1.165) is 12.1 Å². The van der Waals surface area contributed by atoms with E-state index in [1.54, 1.807) is 0 Å². The summed E-state index contributed by atoms with van der Waals surface area (Å²) in [6, 6.07) is 28.2. The normalized spacial score (nSPS) is 17.1. The van der Waals surface area contributed by atoms with Crippen LogP contribution in [0.5, 0.6) is 0 Å². The number of thioether (sulfide) groups is 1. The maximum absolute atomic E-state index is 5.05. The third-order valence-corrected chi connectivity index (χ3v) is 7.36. The molecule has 2 heteroatoms. The fourth-order valence-electron chi connectivity index (χ4n) is 4.23. The highest BCUT2D eigenvalue weighted by atomic mass is 32.2. The molecule has 2 atom stereocenters. The summed E-state index contributed by atoms with van der Waals surface area (Å²) in [4.78, 5) is 7.60. The van der Waals surface area contributed by atoms with Gasteiger partial charge in [0.25, 0.3) is 0 Å². The predicted molar refractivity (Wildman–Crippen MR) is 129 cm³/mol. The molecule has 0 spiro atoms. The molecule has 3 aromatic rings. The van der Waals surface area contributed by atoms with Crippen LogP contribution in [0.15, 0.2) is 111 Å². The van der Waals surface area contributed by atoms with Crippen LogP contribution in [0.2, 0.25) is 0 Å². The van der Waals surface area contributed by atoms with Gasteiger partial charge in [0.1, 0.15) is 0 Å². The second-order valence-corrected chi connectivity index (χ2v) is 9.19. The molecule has 2 unspecified atom stereocenters. The Balaban J connectivity index is 1.41. The van der Waals surface area contributed by atoms with E-state index >= 15 is 0 Å². The van der Waals surface area contributed by atoms with E-state index in [1.165, 1.54) is 37.8 Å². The Morgan fingerprint density at radius 3 is 2.10 bits per heavy atom. The molecule has 0 bridgehead atoms. The first-order valence-corrected chi connectivity index (χ1v) is 11.4. The van der Waals surface area contributed by atoms with Gasteiger partial charge in [-0.05, 0) is 34.9 Å². The summed E-state index contributed by atoms with van der Waals surface area (Å²) in [6.45, 7) is 4.57. The summed E-state index contributed by atoms with van der Waals surface area (Å²) < 4.78 is 0. The topological polar surface area (TPSA) is 12.4 Å². The van der Waals surface area contributed by atoms with Gasteiger partial charge in [0, 0.05) is 28.1 Å². The van der Waals surface area contributed by atoms with Crippen molar-refractivity contribution >= 4 is 23.2 Å². The lowest BCUT2D eigenvalue weighted by molar-refractivity contribution is 0.869. The molecule has 0 saturated carbocycles. The van der Waals surface area contributed by atoms with Crippen LogP contribution in [-0.4, -0.2) is 5.71 Å². The molecule has 3 aromatic carbocycles. The van der Waals surface area contributed by atoms with Crippen molar-refractivity contribution in [2.45, 2.75) is 37.0 Å². The minimum atomic E-state index is 0.376. The molecule has 1 heterocycles. The van der Waals surface area contributed by atoms with Crippen LogP contribution in [-0.2, 0) is 0 Å². The van der Waals surface area contributed by atoms with Gasteiger partial charge < -0.3 is 0 Å². The van der Waals surface area contributed by atoms with E-state index in [4.69, 9.17) is 4.99 Å². The number of nitrogens with zero attached hydrogens (tertiary/aromatic N) is 1. The monoisotopic (exact) mass is 407 g/mol. The molecule has 1 aliphatic carbocycles. The predicted octanol–water partition coefficient (Wildman–Crippen LogP) is 8.03. The van der Waals surface area contributed by atoms with Crippen molar-refractivity contribution in [3.05, 3.63) is 118 Å². The second-order valence-electron chi connectivity index (χ2n) is 8.10. The molecular formula is C28H25NS. The maximum Gasteiger partial charge on any atom is 0.0773 e. The lowest BCUT2D eigenvalue weighted by atomic mass is 9.87. The number of fused-ring (bicyclic) bond motifs is 2. The average molecular weight is 408 g/mol. The number of benzene rings is 3. The molecule has 0 fully saturated rings. The zero-order valence-electron chi connectivity index (χ0n) is 17.4. The number of hydrogen-bond acceptors (Lipinski definition) is 2. The van der Waals surface area contributed by atoms with Crippen LogP contribution in [0, 0.1) is 0 Å². The van der Waals surface area contributed by atoms with Crippen molar-refractivity contribution in [1.82, 2.24) is 0 Å². The first kappa shape index (κ1) is 19.1. The smallest absolute Gasteiger partial charge is 0.0773 e. The lowest BCUT2D eigenvalue weighted by Gasteiger charge is -2.25. The zero-order chi connectivity index (χ0) is 20.5. The van der Waals surface area contributed by atoms with Crippen molar-refractivity contribution in [2.75, 3.05) is 0 Å². The molecule has 0 saturated heterocycles. The minimum Gasteiger partial charge on any atom is -0.251 e. The van der Waals surface area contributed by atoms with Crippen LogP contribution < -0.4 is 0 Å². The van der Waals surface area contributed by atoms with Gasteiger partial charge in [-0.3, -0.25) is 4.99 Å². The Morgan fingerprint density at radius 2 is 1.40 bits per heavy atom.